The number of aromatic nitrogens is 2. The van der Waals surface area contributed by atoms with Crippen LogP contribution in [0.4, 0.5) is 0 Å². The molecule has 0 radical (unpaired) electrons. The molecule has 3 aromatic carbocycles. The van der Waals surface area contributed by atoms with Crippen molar-refractivity contribution in [3.8, 4) is 22.8 Å². The Morgan fingerprint density at radius 3 is 2.13 bits per heavy atom. The third kappa shape index (κ3) is 4.40. The van der Waals surface area contributed by atoms with Crippen LogP contribution in [0.3, 0.4) is 0 Å². The zero-order chi connectivity index (χ0) is 27.7. The molecule has 196 valence electrons. The molecule has 0 fully saturated rings. The van der Waals surface area contributed by atoms with Crippen molar-refractivity contribution >= 4 is 28.6 Å². The average Bonchev–Trinajstić information content (AvgIpc) is 3.35. The fourth-order valence-corrected chi connectivity index (χ4v) is 4.72. The molecule has 0 saturated heterocycles. The Hall–Kier alpha value is -4.98. The fourth-order valence-electron chi connectivity index (χ4n) is 4.72. The number of hydrogen-bond acceptors (Lipinski definition) is 7. The van der Waals surface area contributed by atoms with Crippen molar-refractivity contribution in [2.75, 3.05) is 20.8 Å². The van der Waals surface area contributed by atoms with Crippen molar-refractivity contribution in [1.29, 1.82) is 0 Å². The summed E-state index contributed by atoms with van der Waals surface area (Å²) >= 11 is 0. The van der Waals surface area contributed by atoms with Crippen molar-refractivity contribution in [3.05, 3.63) is 101 Å². The maximum absolute atomic E-state index is 14.2. The van der Waals surface area contributed by atoms with E-state index in [9.17, 15) is 14.4 Å². The second kappa shape index (κ2) is 10.4. The van der Waals surface area contributed by atoms with Crippen LogP contribution in [0, 0.1) is 6.92 Å². The zero-order valence-electron chi connectivity index (χ0n) is 22.0. The number of ether oxygens (including phenoxy) is 3. The highest BCUT2D eigenvalue weighted by atomic mass is 16.5. The third-order valence-corrected chi connectivity index (χ3v) is 6.51. The molecule has 2 aliphatic rings. The van der Waals surface area contributed by atoms with Crippen molar-refractivity contribution in [2.45, 2.75) is 13.8 Å². The molecule has 5 rings (SSSR count). The number of hydrogen-bond donors (Lipinski definition) is 0. The first kappa shape index (κ1) is 25.7. The molecule has 3 aromatic rings. The molecule has 0 amide bonds. The Balaban J connectivity index is 1.97. The van der Waals surface area contributed by atoms with Gasteiger partial charge in [-0.1, -0.05) is 48.0 Å². The number of para-hydroxylation sites is 1. The number of carbonyl (C=O) groups is 3. The van der Waals surface area contributed by atoms with Gasteiger partial charge in [-0.05, 0) is 44.2 Å². The normalized spacial score (nSPS) is 11.0. The molecule has 39 heavy (non-hydrogen) atoms. The summed E-state index contributed by atoms with van der Waals surface area (Å²) in [5, 5.41) is 0.657. The van der Waals surface area contributed by atoms with Crippen LogP contribution in [0.15, 0.2) is 72.8 Å². The van der Waals surface area contributed by atoms with Gasteiger partial charge in [0.2, 0.25) is 0 Å². The molecule has 0 spiro atoms. The Bertz CT molecular complexity index is 1680. The van der Waals surface area contributed by atoms with Gasteiger partial charge in [0.05, 0.1) is 31.9 Å². The predicted octanol–water partition coefficient (Wildman–Crippen LogP) is 5.64. The first-order chi connectivity index (χ1) is 18.9. The van der Waals surface area contributed by atoms with E-state index in [0.717, 1.165) is 5.56 Å². The molecule has 8 heteroatoms. The molecular weight excluding hydrogens is 496 g/mol. The monoisotopic (exact) mass is 522 g/mol. The number of carbonyl (C=O) groups excluding carboxylic acids is 3. The number of pyridine rings is 1. The molecule has 0 N–H and O–H groups in total. The molecular formula is C31H26N2O6. The highest BCUT2D eigenvalue weighted by Gasteiger charge is 2.37. The lowest BCUT2D eigenvalue weighted by molar-refractivity contribution is 0.0545. The van der Waals surface area contributed by atoms with Gasteiger partial charge < -0.3 is 14.2 Å². The molecule has 0 unspecified atom stereocenters. The summed E-state index contributed by atoms with van der Waals surface area (Å²) in [6, 6.07) is 21.3. The second-order valence-corrected chi connectivity index (χ2v) is 8.87. The molecule has 0 aromatic heterocycles. The fraction of sp³-hybridized carbons (Fsp3) is 0.161. The summed E-state index contributed by atoms with van der Waals surface area (Å²) in [4.78, 5) is 45.9. The maximum atomic E-state index is 14.2. The van der Waals surface area contributed by atoms with Crippen LogP contribution in [0.2, 0.25) is 0 Å². The number of nitrogens with zero attached hydrogens (tertiary/aromatic N) is 2. The lowest BCUT2D eigenvalue weighted by Crippen LogP contribution is -2.26. The third-order valence-electron chi connectivity index (χ3n) is 6.51. The second-order valence-electron chi connectivity index (χ2n) is 8.87. The molecule has 2 aliphatic heterocycles. The van der Waals surface area contributed by atoms with Gasteiger partial charge in [-0.2, -0.15) is 0 Å². The van der Waals surface area contributed by atoms with Gasteiger partial charge >= 0.3 is 11.9 Å². The van der Waals surface area contributed by atoms with Crippen LogP contribution in [-0.2, 0) is 9.47 Å². The largest absolute Gasteiger partial charge is 0.494 e. The molecule has 0 bridgehead atoms. The highest BCUT2D eigenvalue weighted by molar-refractivity contribution is 6.23. The van der Waals surface area contributed by atoms with Crippen LogP contribution >= 0.6 is 0 Å². The van der Waals surface area contributed by atoms with Crippen molar-refractivity contribution in [1.82, 2.24) is 9.55 Å². The summed E-state index contributed by atoms with van der Waals surface area (Å²) in [6.07, 6.45) is 0. The summed E-state index contributed by atoms with van der Waals surface area (Å²) in [5.74, 6) is -1.15. The molecule has 0 atom stereocenters. The van der Waals surface area contributed by atoms with Gasteiger partial charge in [0.25, 0.3) is 0 Å². The van der Waals surface area contributed by atoms with E-state index < -0.39 is 17.7 Å². The first-order valence-electron chi connectivity index (χ1n) is 12.4. The van der Waals surface area contributed by atoms with E-state index >= 15 is 0 Å². The van der Waals surface area contributed by atoms with Gasteiger partial charge in [-0.15, -0.1) is 0 Å². The molecule has 8 nitrogen and oxygen atoms in total. The summed E-state index contributed by atoms with van der Waals surface area (Å²) < 4.78 is 17.4. The van der Waals surface area contributed by atoms with Crippen LogP contribution in [0.5, 0.6) is 5.75 Å². The first-order valence-corrected chi connectivity index (χ1v) is 12.4. The lowest BCUT2D eigenvalue weighted by atomic mass is 9.90. The molecule has 0 aliphatic carbocycles. The molecule has 2 heterocycles. The number of methoxy groups -OCH3 is 2. The molecule has 0 saturated carbocycles. The van der Waals surface area contributed by atoms with Gasteiger partial charge in [0.15, 0.2) is 5.78 Å². The van der Waals surface area contributed by atoms with Crippen LogP contribution < -0.4 is 4.74 Å². The summed E-state index contributed by atoms with van der Waals surface area (Å²) in [7, 11) is 2.42. The minimum absolute atomic E-state index is 0.0250. The zero-order valence-corrected chi connectivity index (χ0v) is 22.0. The van der Waals surface area contributed by atoms with Crippen molar-refractivity contribution < 1.29 is 28.6 Å². The van der Waals surface area contributed by atoms with Crippen LogP contribution in [0.1, 0.15) is 49.3 Å². The number of fused-ring (bicyclic) bond motifs is 3. The number of benzene rings is 3. The van der Waals surface area contributed by atoms with E-state index in [4.69, 9.17) is 19.2 Å². The van der Waals surface area contributed by atoms with E-state index in [1.54, 1.807) is 36.4 Å². The number of esters is 2. The van der Waals surface area contributed by atoms with Gasteiger partial charge in [-0.3, -0.25) is 9.36 Å². The van der Waals surface area contributed by atoms with Crippen LogP contribution in [-0.4, -0.2) is 48.1 Å². The number of aryl methyl sites for hydroxylation is 1. The van der Waals surface area contributed by atoms with Gasteiger partial charge in [0.1, 0.15) is 22.8 Å². The van der Waals surface area contributed by atoms with Crippen molar-refractivity contribution in [3.63, 3.8) is 0 Å². The Kier molecular flexibility index (Phi) is 6.85. The Labute approximate surface area is 225 Å². The topological polar surface area (TPSA) is 96.7 Å². The van der Waals surface area contributed by atoms with Gasteiger partial charge in [0, 0.05) is 22.2 Å². The smallest absolute Gasteiger partial charge is 0.356 e. The van der Waals surface area contributed by atoms with E-state index in [2.05, 4.69) is 0 Å². The van der Waals surface area contributed by atoms with Gasteiger partial charge in [-0.25, -0.2) is 14.6 Å². The lowest BCUT2D eigenvalue weighted by Gasteiger charge is -2.23. The Morgan fingerprint density at radius 1 is 0.821 bits per heavy atom. The van der Waals surface area contributed by atoms with E-state index in [0.29, 0.717) is 45.9 Å². The summed E-state index contributed by atoms with van der Waals surface area (Å²) in [5.41, 5.74) is 2.53. The quantitative estimate of drug-likeness (QED) is 0.202. The van der Waals surface area contributed by atoms with Crippen molar-refractivity contribution in [2.24, 2.45) is 0 Å². The van der Waals surface area contributed by atoms with E-state index in [-0.39, 0.29) is 16.8 Å². The SMILES string of the molecule is CCOc1ccc(-n2c3nc4ccccc4c-3c(C(=O)c3ccc(C)cc3)c(C(=O)OC)c2C(=O)OC)cc1. The number of rotatable bonds is 7. The highest BCUT2D eigenvalue weighted by Crippen LogP contribution is 2.41. The summed E-state index contributed by atoms with van der Waals surface area (Å²) in [6.45, 7) is 4.29. The maximum Gasteiger partial charge on any atom is 0.356 e. The standard InChI is InChI=1S/C31H26N2O6/c1-5-39-21-16-14-20(15-17-21)33-27(31(36)38-4)26(30(35)37-3)25(28(34)19-12-10-18(2)11-13-19)24-22-8-6-7-9-23(22)32-29(24)33/h6-17H,5H2,1-4H3. The minimum atomic E-state index is -0.849. The van der Waals surface area contributed by atoms with E-state index in [1.807, 2.05) is 50.2 Å². The number of ketones is 1. The minimum Gasteiger partial charge on any atom is -0.494 e. The average molecular weight is 523 g/mol. The van der Waals surface area contributed by atoms with Crippen LogP contribution in [0.25, 0.3) is 28.0 Å². The van der Waals surface area contributed by atoms with E-state index in [1.165, 1.54) is 18.8 Å². The Morgan fingerprint density at radius 2 is 1.49 bits per heavy atom. The predicted molar refractivity (Wildman–Crippen MR) is 146 cm³/mol.